The first kappa shape index (κ1) is 24.5. The molecule has 184 valence electrons. The first-order valence-corrected chi connectivity index (χ1v) is 11.2. The molecule has 0 radical (unpaired) electrons. The fraction of sp³-hybridized carbons (Fsp3) is 0.259. The Hall–Kier alpha value is -4.63. The van der Waals surface area contributed by atoms with E-state index in [0.29, 0.717) is 58.7 Å². The van der Waals surface area contributed by atoms with Crippen molar-refractivity contribution < 1.29 is 23.5 Å². The average molecular weight is 489 g/mol. The van der Waals surface area contributed by atoms with Gasteiger partial charge in [-0.15, -0.1) is 0 Å². The summed E-state index contributed by atoms with van der Waals surface area (Å²) in [7, 11) is 3.10. The zero-order chi connectivity index (χ0) is 25.8. The summed E-state index contributed by atoms with van der Waals surface area (Å²) < 4.78 is 26.1. The zero-order valence-electron chi connectivity index (χ0n) is 20.1. The molecule has 1 fully saturated rings. The number of benzene rings is 2. The SMILES string of the molecule is CC#CC(=O)N[C@@H]1CCN(c2c(F)cc(C(N)=O)c3[nH]cc(C#Cc4cc(OC)cc(OC)c4)c23)C1. The largest absolute Gasteiger partial charge is 0.497 e. The summed E-state index contributed by atoms with van der Waals surface area (Å²) in [5.74, 6) is 10.6. The second kappa shape index (κ2) is 10.3. The van der Waals surface area contributed by atoms with Gasteiger partial charge < -0.3 is 30.4 Å². The maximum atomic E-state index is 15.5. The molecule has 0 aliphatic carbocycles. The Kier molecular flexibility index (Phi) is 7.03. The van der Waals surface area contributed by atoms with Crippen LogP contribution in [0.4, 0.5) is 10.1 Å². The first-order valence-electron chi connectivity index (χ1n) is 11.2. The molecular formula is C27H25FN4O4. The smallest absolute Gasteiger partial charge is 0.296 e. The highest BCUT2D eigenvalue weighted by Gasteiger charge is 2.29. The molecule has 9 heteroatoms. The van der Waals surface area contributed by atoms with E-state index in [1.54, 1.807) is 45.5 Å². The van der Waals surface area contributed by atoms with Crippen molar-refractivity contribution >= 4 is 28.4 Å². The molecule has 3 aromatic rings. The van der Waals surface area contributed by atoms with Gasteiger partial charge in [-0.05, 0) is 37.5 Å². The molecule has 1 atom stereocenters. The number of nitrogens with one attached hydrogen (secondary N) is 2. The monoisotopic (exact) mass is 488 g/mol. The van der Waals surface area contributed by atoms with Crippen molar-refractivity contribution in [1.82, 2.24) is 10.3 Å². The predicted octanol–water partition coefficient (Wildman–Crippen LogP) is 2.54. The van der Waals surface area contributed by atoms with Gasteiger partial charge in [-0.2, -0.15) is 0 Å². The number of ether oxygens (including phenoxy) is 2. The fourth-order valence-corrected chi connectivity index (χ4v) is 4.31. The molecule has 0 saturated carbocycles. The van der Waals surface area contributed by atoms with Crippen LogP contribution in [0.3, 0.4) is 0 Å². The topological polar surface area (TPSA) is 110 Å². The molecule has 2 aromatic carbocycles. The van der Waals surface area contributed by atoms with Gasteiger partial charge in [-0.3, -0.25) is 9.59 Å². The van der Waals surface area contributed by atoms with Gasteiger partial charge in [0.1, 0.15) is 17.3 Å². The Morgan fingerprint density at radius 3 is 2.53 bits per heavy atom. The van der Waals surface area contributed by atoms with Crippen LogP contribution in [0, 0.1) is 29.5 Å². The van der Waals surface area contributed by atoms with E-state index in [2.05, 4.69) is 34.0 Å². The van der Waals surface area contributed by atoms with E-state index in [0.717, 1.165) is 6.07 Å². The summed E-state index contributed by atoms with van der Waals surface area (Å²) >= 11 is 0. The maximum absolute atomic E-state index is 15.5. The molecule has 4 N–H and O–H groups in total. The van der Waals surface area contributed by atoms with Gasteiger partial charge in [-0.25, -0.2) is 4.39 Å². The first-order chi connectivity index (χ1) is 17.3. The van der Waals surface area contributed by atoms with Crippen LogP contribution in [0.1, 0.15) is 34.8 Å². The van der Waals surface area contributed by atoms with Gasteiger partial charge in [0.2, 0.25) is 0 Å². The lowest BCUT2D eigenvalue weighted by molar-refractivity contribution is -0.116. The van der Waals surface area contributed by atoms with Crippen LogP contribution in [0.5, 0.6) is 11.5 Å². The van der Waals surface area contributed by atoms with Crippen molar-refractivity contribution in [2.24, 2.45) is 5.73 Å². The van der Waals surface area contributed by atoms with Crippen molar-refractivity contribution in [3.05, 3.63) is 53.0 Å². The zero-order valence-corrected chi connectivity index (χ0v) is 20.1. The predicted molar refractivity (Wildman–Crippen MR) is 135 cm³/mol. The van der Waals surface area contributed by atoms with E-state index in [1.807, 2.05) is 4.90 Å². The highest BCUT2D eigenvalue weighted by Crippen LogP contribution is 2.36. The molecule has 0 unspecified atom stereocenters. The fourth-order valence-electron chi connectivity index (χ4n) is 4.31. The van der Waals surface area contributed by atoms with Crippen molar-refractivity contribution in [3.8, 4) is 35.2 Å². The molecule has 36 heavy (non-hydrogen) atoms. The van der Waals surface area contributed by atoms with E-state index in [1.165, 1.54) is 0 Å². The summed E-state index contributed by atoms with van der Waals surface area (Å²) in [6.07, 6.45) is 2.24. The lowest BCUT2D eigenvalue weighted by Gasteiger charge is -2.21. The number of carbonyl (C=O) groups is 2. The van der Waals surface area contributed by atoms with Crippen LogP contribution < -0.4 is 25.4 Å². The number of nitrogens with zero attached hydrogens (tertiary/aromatic N) is 1. The summed E-state index contributed by atoms with van der Waals surface area (Å²) in [6, 6.07) is 6.19. The number of hydrogen-bond acceptors (Lipinski definition) is 5. The molecule has 2 heterocycles. The molecular weight excluding hydrogens is 463 g/mol. The molecule has 4 rings (SSSR count). The number of methoxy groups -OCH3 is 2. The number of aromatic nitrogens is 1. The number of primary amides is 1. The van der Waals surface area contributed by atoms with Crippen LogP contribution >= 0.6 is 0 Å². The Morgan fingerprint density at radius 1 is 1.17 bits per heavy atom. The molecule has 0 spiro atoms. The number of rotatable bonds is 5. The Morgan fingerprint density at radius 2 is 1.89 bits per heavy atom. The molecule has 8 nitrogen and oxygen atoms in total. The Labute approximate surface area is 207 Å². The third-order valence-corrected chi connectivity index (χ3v) is 5.92. The number of aromatic amines is 1. The summed E-state index contributed by atoms with van der Waals surface area (Å²) in [5, 5.41) is 3.29. The highest BCUT2D eigenvalue weighted by molar-refractivity contribution is 6.10. The molecule has 2 amide bonds. The van der Waals surface area contributed by atoms with Crippen molar-refractivity contribution in [2.45, 2.75) is 19.4 Å². The van der Waals surface area contributed by atoms with Crippen LogP contribution in [0.15, 0.2) is 30.5 Å². The maximum Gasteiger partial charge on any atom is 0.296 e. The lowest BCUT2D eigenvalue weighted by Crippen LogP contribution is -2.36. The minimum atomic E-state index is -0.756. The van der Waals surface area contributed by atoms with E-state index >= 15 is 4.39 Å². The summed E-state index contributed by atoms with van der Waals surface area (Å²) in [5.41, 5.74) is 7.38. The van der Waals surface area contributed by atoms with E-state index in [4.69, 9.17) is 15.2 Å². The van der Waals surface area contributed by atoms with Crippen molar-refractivity contribution in [1.29, 1.82) is 0 Å². The number of amides is 2. The van der Waals surface area contributed by atoms with Crippen LogP contribution in [-0.2, 0) is 4.79 Å². The van der Waals surface area contributed by atoms with Crippen molar-refractivity contribution in [3.63, 3.8) is 0 Å². The van der Waals surface area contributed by atoms with Crippen LogP contribution in [-0.4, -0.2) is 50.1 Å². The minimum absolute atomic E-state index is 0.0321. The van der Waals surface area contributed by atoms with Crippen LogP contribution in [0.2, 0.25) is 0 Å². The number of carbonyl (C=O) groups excluding carboxylic acids is 2. The normalized spacial score (nSPS) is 14.4. The van der Waals surface area contributed by atoms with Gasteiger partial charge in [0.25, 0.3) is 11.8 Å². The van der Waals surface area contributed by atoms with Crippen molar-refractivity contribution in [2.75, 3.05) is 32.2 Å². The van der Waals surface area contributed by atoms with E-state index in [-0.39, 0.29) is 17.5 Å². The molecule has 1 aliphatic heterocycles. The summed E-state index contributed by atoms with van der Waals surface area (Å²) in [6.45, 7) is 2.46. The third-order valence-electron chi connectivity index (χ3n) is 5.92. The van der Waals surface area contributed by atoms with E-state index < -0.39 is 11.7 Å². The average Bonchev–Trinajstić information content (AvgIpc) is 3.49. The second-order valence-corrected chi connectivity index (χ2v) is 8.20. The Balaban J connectivity index is 1.79. The second-order valence-electron chi connectivity index (χ2n) is 8.20. The third kappa shape index (κ3) is 4.91. The number of fused-ring (bicyclic) bond motifs is 1. The number of nitrogens with two attached hydrogens (primary N) is 1. The molecule has 1 aromatic heterocycles. The van der Waals surface area contributed by atoms with E-state index in [9.17, 15) is 9.59 Å². The standard InChI is InChI=1S/C27H25FN4O4/c1-4-5-23(33)31-18-8-9-32(15-18)26-22(28)13-21(27(29)34)25-24(26)17(14-30-25)7-6-16-10-19(35-2)12-20(11-16)36-3/h10-14,18,30H,8-9,15H2,1-3H3,(H2,29,34)(H,31,33)/t18-/m1/s1. The highest BCUT2D eigenvalue weighted by atomic mass is 19.1. The minimum Gasteiger partial charge on any atom is -0.497 e. The van der Waals surface area contributed by atoms with Gasteiger partial charge in [-0.1, -0.05) is 17.8 Å². The number of H-pyrrole nitrogens is 1. The number of halogens is 1. The Bertz CT molecular complexity index is 1450. The molecule has 1 aliphatic rings. The van der Waals surface area contributed by atoms with Gasteiger partial charge in [0.15, 0.2) is 0 Å². The van der Waals surface area contributed by atoms with Crippen LogP contribution in [0.25, 0.3) is 10.9 Å². The van der Waals surface area contributed by atoms with Gasteiger partial charge in [0.05, 0.1) is 36.6 Å². The molecule has 1 saturated heterocycles. The quantitative estimate of drug-likeness (QED) is 0.478. The van der Waals surface area contributed by atoms with Gasteiger partial charge >= 0.3 is 0 Å². The lowest BCUT2D eigenvalue weighted by atomic mass is 10.0. The number of hydrogen-bond donors (Lipinski definition) is 3. The number of anilines is 1. The summed E-state index contributed by atoms with van der Waals surface area (Å²) in [4.78, 5) is 28.8. The van der Waals surface area contributed by atoms with Gasteiger partial charge in [0, 0.05) is 42.3 Å². The molecule has 0 bridgehead atoms.